The van der Waals surface area contributed by atoms with Gasteiger partial charge in [-0.05, 0) is 53.6 Å². The number of furan rings is 1. The largest absolute Gasteiger partial charge is 0.493 e. The quantitative estimate of drug-likeness (QED) is 0.296. The fourth-order valence-corrected chi connectivity index (χ4v) is 3.35. The number of hydrogen-bond acceptors (Lipinski definition) is 7. The van der Waals surface area contributed by atoms with E-state index in [1.54, 1.807) is 30.3 Å². The Morgan fingerprint density at radius 1 is 1.06 bits per heavy atom. The summed E-state index contributed by atoms with van der Waals surface area (Å²) in [6.45, 7) is 0.0591. The van der Waals surface area contributed by atoms with Crippen LogP contribution in [-0.4, -0.2) is 37.0 Å². The van der Waals surface area contributed by atoms with E-state index < -0.39 is 17.9 Å². The predicted octanol–water partition coefficient (Wildman–Crippen LogP) is 3.89. The summed E-state index contributed by atoms with van der Waals surface area (Å²) in [6, 6.07) is 13.3. The highest BCUT2D eigenvalue weighted by Gasteiger charge is 2.34. The highest BCUT2D eigenvalue weighted by Crippen LogP contribution is 2.30. The third-order valence-corrected chi connectivity index (χ3v) is 5.13. The molecule has 35 heavy (non-hydrogen) atoms. The molecule has 180 valence electrons. The summed E-state index contributed by atoms with van der Waals surface area (Å²) in [7, 11) is 2.70. The van der Waals surface area contributed by atoms with E-state index in [1.807, 2.05) is 0 Å². The molecular formula is C25H21FN2O7. The molecule has 9 nitrogen and oxygen atoms in total. The van der Waals surface area contributed by atoms with Crippen LogP contribution in [0.3, 0.4) is 0 Å². The molecule has 10 heteroatoms. The van der Waals surface area contributed by atoms with Gasteiger partial charge in [0.2, 0.25) is 5.76 Å². The highest BCUT2D eigenvalue weighted by atomic mass is 19.1. The molecule has 1 aliphatic heterocycles. The molecule has 0 saturated carbocycles. The molecule has 1 fully saturated rings. The van der Waals surface area contributed by atoms with E-state index in [4.69, 9.17) is 13.9 Å². The van der Waals surface area contributed by atoms with Gasteiger partial charge in [0.15, 0.2) is 11.5 Å². The summed E-state index contributed by atoms with van der Waals surface area (Å²) < 4.78 is 34.1. The molecule has 1 saturated heterocycles. The van der Waals surface area contributed by atoms with Crippen molar-refractivity contribution in [3.05, 3.63) is 88.8 Å². The molecule has 2 aromatic carbocycles. The maximum absolute atomic E-state index is 13.1. The van der Waals surface area contributed by atoms with Crippen LogP contribution in [0.15, 0.2) is 64.7 Å². The van der Waals surface area contributed by atoms with Gasteiger partial charge in [-0.2, -0.15) is 0 Å². The molecule has 0 spiro atoms. The SMILES string of the molecule is COC(=O)c1ccc(CN2C(=O)NC(=Cc3ccc(OCc4ccc(F)cc4)c(OC)c3)C2=O)o1. The van der Waals surface area contributed by atoms with Crippen molar-refractivity contribution < 1.29 is 37.4 Å². The van der Waals surface area contributed by atoms with Crippen LogP contribution in [0.5, 0.6) is 11.5 Å². The van der Waals surface area contributed by atoms with Gasteiger partial charge in [-0.15, -0.1) is 0 Å². The molecule has 0 atom stereocenters. The number of nitrogens with one attached hydrogen (secondary N) is 1. The summed E-state index contributed by atoms with van der Waals surface area (Å²) in [5.41, 5.74) is 1.44. The summed E-state index contributed by atoms with van der Waals surface area (Å²) >= 11 is 0. The van der Waals surface area contributed by atoms with Crippen molar-refractivity contribution in [2.24, 2.45) is 0 Å². The van der Waals surface area contributed by atoms with E-state index in [2.05, 4.69) is 10.1 Å². The molecule has 1 aliphatic rings. The molecule has 3 aromatic rings. The Balaban J connectivity index is 1.46. The first-order valence-corrected chi connectivity index (χ1v) is 10.4. The first-order valence-electron chi connectivity index (χ1n) is 10.4. The van der Waals surface area contributed by atoms with E-state index in [1.165, 1.54) is 44.6 Å². The minimum Gasteiger partial charge on any atom is -0.493 e. The summed E-state index contributed by atoms with van der Waals surface area (Å²) in [5.74, 6) is -0.443. The lowest BCUT2D eigenvalue weighted by Gasteiger charge is -2.12. The second kappa shape index (κ2) is 10.1. The Morgan fingerprint density at radius 3 is 2.54 bits per heavy atom. The summed E-state index contributed by atoms with van der Waals surface area (Å²) in [4.78, 5) is 37.6. The molecule has 0 aliphatic carbocycles. The Bertz CT molecular complexity index is 1300. The predicted molar refractivity (Wildman–Crippen MR) is 121 cm³/mol. The van der Waals surface area contributed by atoms with Crippen LogP contribution < -0.4 is 14.8 Å². The van der Waals surface area contributed by atoms with Crippen molar-refractivity contribution >= 4 is 24.0 Å². The van der Waals surface area contributed by atoms with Gasteiger partial charge in [-0.3, -0.25) is 9.69 Å². The van der Waals surface area contributed by atoms with E-state index in [0.29, 0.717) is 17.1 Å². The normalized spacial score (nSPS) is 14.3. The Morgan fingerprint density at radius 2 is 1.83 bits per heavy atom. The van der Waals surface area contributed by atoms with Gasteiger partial charge in [-0.25, -0.2) is 14.0 Å². The first-order chi connectivity index (χ1) is 16.9. The van der Waals surface area contributed by atoms with Crippen LogP contribution in [0.4, 0.5) is 9.18 Å². The number of esters is 1. The number of halogens is 1. The van der Waals surface area contributed by atoms with Crippen molar-refractivity contribution in [1.29, 1.82) is 0 Å². The van der Waals surface area contributed by atoms with E-state index in [-0.39, 0.29) is 36.2 Å². The van der Waals surface area contributed by atoms with Crippen molar-refractivity contribution in [2.45, 2.75) is 13.2 Å². The molecule has 0 bridgehead atoms. The number of carbonyl (C=O) groups excluding carboxylic acids is 3. The van der Waals surface area contributed by atoms with Gasteiger partial charge in [0.1, 0.15) is 23.9 Å². The number of carbonyl (C=O) groups is 3. The standard InChI is InChI=1S/C25H21FN2O7/c1-32-22-12-16(5-9-20(22)34-14-15-3-6-17(26)7-4-15)11-19-23(29)28(25(31)27-19)13-18-8-10-21(35-18)24(30)33-2/h3-12H,13-14H2,1-2H3,(H,27,31). The topological polar surface area (TPSA) is 107 Å². The van der Waals surface area contributed by atoms with Crippen LogP contribution >= 0.6 is 0 Å². The lowest BCUT2D eigenvalue weighted by atomic mass is 10.1. The van der Waals surface area contributed by atoms with Crippen LogP contribution in [0.2, 0.25) is 0 Å². The number of methoxy groups -OCH3 is 2. The number of rotatable bonds is 8. The number of urea groups is 1. The van der Waals surface area contributed by atoms with Gasteiger partial charge >= 0.3 is 12.0 Å². The van der Waals surface area contributed by atoms with Gasteiger partial charge in [0.25, 0.3) is 5.91 Å². The smallest absolute Gasteiger partial charge is 0.373 e. The van der Waals surface area contributed by atoms with Crippen molar-refractivity contribution in [1.82, 2.24) is 10.2 Å². The van der Waals surface area contributed by atoms with Crippen molar-refractivity contribution in [3.63, 3.8) is 0 Å². The Hall–Kier alpha value is -4.60. The van der Waals surface area contributed by atoms with Crippen molar-refractivity contribution in [2.75, 3.05) is 14.2 Å². The molecule has 0 radical (unpaired) electrons. The molecule has 4 rings (SSSR count). The number of ether oxygens (including phenoxy) is 3. The zero-order chi connectivity index (χ0) is 24.9. The molecule has 3 amide bonds. The molecule has 0 unspecified atom stereocenters. The average Bonchev–Trinajstić information content (AvgIpc) is 3.44. The van der Waals surface area contributed by atoms with E-state index >= 15 is 0 Å². The minimum absolute atomic E-state index is 0.0286. The second-order valence-corrected chi connectivity index (χ2v) is 7.46. The van der Waals surface area contributed by atoms with Crippen LogP contribution in [0, 0.1) is 5.82 Å². The minimum atomic E-state index is -0.659. The fraction of sp³-hybridized carbons (Fsp3) is 0.160. The van der Waals surface area contributed by atoms with Gasteiger partial charge in [-0.1, -0.05) is 18.2 Å². The maximum atomic E-state index is 13.1. The van der Waals surface area contributed by atoms with Gasteiger partial charge in [0, 0.05) is 0 Å². The number of benzene rings is 2. The zero-order valence-corrected chi connectivity index (χ0v) is 18.9. The number of amides is 3. The van der Waals surface area contributed by atoms with Crippen molar-refractivity contribution in [3.8, 4) is 11.5 Å². The molecule has 2 heterocycles. The second-order valence-electron chi connectivity index (χ2n) is 7.46. The fourth-order valence-electron chi connectivity index (χ4n) is 3.35. The number of imide groups is 1. The van der Waals surface area contributed by atoms with Crippen LogP contribution in [0.25, 0.3) is 6.08 Å². The van der Waals surface area contributed by atoms with Gasteiger partial charge < -0.3 is 23.9 Å². The van der Waals surface area contributed by atoms with Crippen LogP contribution in [-0.2, 0) is 22.7 Å². The monoisotopic (exact) mass is 480 g/mol. The number of hydrogen-bond donors (Lipinski definition) is 1. The zero-order valence-electron chi connectivity index (χ0n) is 18.9. The third kappa shape index (κ3) is 5.32. The Kier molecular flexibility index (Phi) is 6.81. The molecule has 1 N–H and O–H groups in total. The lowest BCUT2D eigenvalue weighted by molar-refractivity contribution is -0.123. The summed E-state index contributed by atoms with van der Waals surface area (Å²) in [5, 5.41) is 2.53. The third-order valence-electron chi connectivity index (χ3n) is 5.13. The first kappa shape index (κ1) is 23.6. The molecule has 1 aromatic heterocycles. The van der Waals surface area contributed by atoms with E-state index in [0.717, 1.165) is 10.5 Å². The average molecular weight is 480 g/mol. The summed E-state index contributed by atoms with van der Waals surface area (Å²) in [6.07, 6.45) is 1.51. The highest BCUT2D eigenvalue weighted by molar-refractivity contribution is 6.13. The Labute approximate surface area is 199 Å². The van der Waals surface area contributed by atoms with Gasteiger partial charge in [0.05, 0.1) is 20.8 Å². The maximum Gasteiger partial charge on any atom is 0.373 e. The number of nitrogens with zero attached hydrogens (tertiary/aromatic N) is 1. The van der Waals surface area contributed by atoms with E-state index in [9.17, 15) is 18.8 Å². The molecular weight excluding hydrogens is 459 g/mol. The van der Waals surface area contributed by atoms with Crippen LogP contribution in [0.1, 0.15) is 27.4 Å². The lowest BCUT2D eigenvalue weighted by Crippen LogP contribution is -2.30.